The van der Waals surface area contributed by atoms with Gasteiger partial charge in [0, 0.05) is 6.04 Å². The highest BCUT2D eigenvalue weighted by atomic mass is 79.9. The molecule has 6 nitrogen and oxygen atoms in total. The minimum atomic E-state index is 0.143. The van der Waals surface area contributed by atoms with Crippen molar-refractivity contribution in [2.45, 2.75) is 13.0 Å². The third kappa shape index (κ3) is 3.25. The van der Waals surface area contributed by atoms with E-state index in [2.05, 4.69) is 60.8 Å². The standard InChI is InChI=1S/C14H13BrN6/c1-10(18-12-5-6-14(15)16-8-12)11-3-2-4-13(7-11)21-9-17-19-20-21/h2-10,18H,1H3. The summed E-state index contributed by atoms with van der Waals surface area (Å²) in [4.78, 5) is 4.21. The van der Waals surface area contributed by atoms with E-state index in [0.717, 1.165) is 21.5 Å². The molecule has 21 heavy (non-hydrogen) atoms. The molecular formula is C14H13BrN6. The number of pyridine rings is 1. The molecule has 3 aromatic rings. The van der Waals surface area contributed by atoms with Crippen LogP contribution in [0.2, 0.25) is 0 Å². The van der Waals surface area contributed by atoms with E-state index in [1.54, 1.807) is 17.2 Å². The van der Waals surface area contributed by atoms with E-state index < -0.39 is 0 Å². The average molecular weight is 345 g/mol. The number of hydrogen-bond donors (Lipinski definition) is 1. The quantitative estimate of drug-likeness (QED) is 0.737. The third-order valence-corrected chi connectivity index (χ3v) is 3.56. The minimum Gasteiger partial charge on any atom is -0.377 e. The molecule has 0 saturated heterocycles. The van der Waals surface area contributed by atoms with Crippen LogP contribution in [0.5, 0.6) is 0 Å². The molecule has 7 heteroatoms. The van der Waals surface area contributed by atoms with Gasteiger partial charge in [-0.15, -0.1) is 5.10 Å². The van der Waals surface area contributed by atoms with Crippen LogP contribution in [0.4, 0.5) is 5.69 Å². The molecule has 0 spiro atoms. The van der Waals surface area contributed by atoms with E-state index in [-0.39, 0.29) is 6.04 Å². The Kier molecular flexibility index (Phi) is 3.92. The van der Waals surface area contributed by atoms with Crippen LogP contribution in [-0.2, 0) is 0 Å². The number of aromatic nitrogens is 5. The SMILES string of the molecule is CC(Nc1ccc(Br)nc1)c1cccc(-n2cnnn2)c1. The van der Waals surface area contributed by atoms with Crippen LogP contribution in [0, 0.1) is 0 Å². The zero-order valence-electron chi connectivity index (χ0n) is 11.3. The Balaban J connectivity index is 1.80. The van der Waals surface area contributed by atoms with Crippen LogP contribution >= 0.6 is 15.9 Å². The van der Waals surface area contributed by atoms with Crippen LogP contribution in [-0.4, -0.2) is 25.2 Å². The van der Waals surface area contributed by atoms with Gasteiger partial charge in [0.15, 0.2) is 0 Å². The van der Waals surface area contributed by atoms with Gasteiger partial charge in [-0.1, -0.05) is 12.1 Å². The van der Waals surface area contributed by atoms with Crippen molar-refractivity contribution in [1.29, 1.82) is 0 Å². The number of benzene rings is 1. The average Bonchev–Trinajstić information content (AvgIpc) is 3.04. The molecule has 2 heterocycles. The van der Waals surface area contributed by atoms with E-state index in [9.17, 15) is 0 Å². The first-order valence-corrected chi connectivity index (χ1v) is 7.23. The highest BCUT2D eigenvalue weighted by Crippen LogP contribution is 2.21. The summed E-state index contributed by atoms with van der Waals surface area (Å²) < 4.78 is 2.46. The van der Waals surface area contributed by atoms with Gasteiger partial charge in [0.1, 0.15) is 10.9 Å². The number of nitrogens with zero attached hydrogens (tertiary/aromatic N) is 5. The molecule has 0 saturated carbocycles. The van der Waals surface area contributed by atoms with Crippen LogP contribution < -0.4 is 5.32 Å². The molecule has 1 N–H and O–H groups in total. The Morgan fingerprint density at radius 2 is 2.14 bits per heavy atom. The molecule has 3 rings (SSSR count). The molecule has 0 aliphatic rings. The maximum absolute atomic E-state index is 4.21. The lowest BCUT2D eigenvalue weighted by Crippen LogP contribution is -2.07. The second-order valence-electron chi connectivity index (χ2n) is 4.59. The van der Waals surface area contributed by atoms with Gasteiger partial charge in [-0.3, -0.25) is 0 Å². The van der Waals surface area contributed by atoms with E-state index in [4.69, 9.17) is 0 Å². The Bertz CT molecular complexity index is 711. The fraction of sp³-hybridized carbons (Fsp3) is 0.143. The summed E-state index contributed by atoms with van der Waals surface area (Å²) in [7, 11) is 0. The van der Waals surface area contributed by atoms with Crippen molar-refractivity contribution in [1.82, 2.24) is 25.2 Å². The molecule has 0 fully saturated rings. The predicted molar refractivity (Wildman–Crippen MR) is 83.1 cm³/mol. The second-order valence-corrected chi connectivity index (χ2v) is 5.40. The Morgan fingerprint density at radius 3 is 2.86 bits per heavy atom. The molecule has 0 aliphatic carbocycles. The van der Waals surface area contributed by atoms with Gasteiger partial charge in [0.05, 0.1) is 17.6 Å². The molecule has 0 bridgehead atoms. The highest BCUT2D eigenvalue weighted by Gasteiger charge is 2.07. The molecule has 0 amide bonds. The minimum absolute atomic E-state index is 0.143. The first kappa shape index (κ1) is 13.7. The molecule has 2 aromatic heterocycles. The smallest absolute Gasteiger partial charge is 0.143 e. The van der Waals surface area contributed by atoms with Gasteiger partial charge in [-0.25, -0.2) is 9.67 Å². The van der Waals surface area contributed by atoms with Gasteiger partial charge in [0.2, 0.25) is 0 Å². The fourth-order valence-corrected chi connectivity index (χ4v) is 2.25. The predicted octanol–water partition coefficient (Wildman–Crippen LogP) is 2.99. The maximum atomic E-state index is 4.21. The number of rotatable bonds is 4. The van der Waals surface area contributed by atoms with Crippen molar-refractivity contribution >= 4 is 21.6 Å². The summed E-state index contributed by atoms with van der Waals surface area (Å²) in [5.41, 5.74) is 3.05. The Labute approximate surface area is 130 Å². The monoisotopic (exact) mass is 344 g/mol. The molecule has 0 radical (unpaired) electrons. The van der Waals surface area contributed by atoms with Crippen LogP contribution in [0.15, 0.2) is 53.5 Å². The van der Waals surface area contributed by atoms with Gasteiger partial charge in [0.25, 0.3) is 0 Å². The summed E-state index contributed by atoms with van der Waals surface area (Å²) >= 11 is 3.33. The second kappa shape index (κ2) is 6.01. The number of halogens is 1. The van der Waals surface area contributed by atoms with Crippen LogP contribution in [0.3, 0.4) is 0 Å². The van der Waals surface area contributed by atoms with E-state index >= 15 is 0 Å². The van der Waals surface area contributed by atoms with Crippen molar-refractivity contribution in [2.75, 3.05) is 5.32 Å². The Hall–Kier alpha value is -2.28. The molecular weight excluding hydrogens is 332 g/mol. The summed E-state index contributed by atoms with van der Waals surface area (Å²) in [6.07, 6.45) is 3.38. The summed E-state index contributed by atoms with van der Waals surface area (Å²) in [5, 5.41) is 14.6. The van der Waals surface area contributed by atoms with Gasteiger partial charge >= 0.3 is 0 Å². The van der Waals surface area contributed by atoms with Crippen LogP contribution in [0.25, 0.3) is 5.69 Å². The van der Waals surface area contributed by atoms with Crippen molar-refractivity contribution in [2.24, 2.45) is 0 Å². The molecule has 0 aliphatic heterocycles. The van der Waals surface area contributed by atoms with Gasteiger partial charge in [-0.05, 0) is 63.1 Å². The topological polar surface area (TPSA) is 68.5 Å². The lowest BCUT2D eigenvalue weighted by atomic mass is 10.1. The Morgan fingerprint density at radius 1 is 1.24 bits per heavy atom. The summed E-state index contributed by atoms with van der Waals surface area (Å²) in [6, 6.07) is 12.1. The summed E-state index contributed by atoms with van der Waals surface area (Å²) in [5.74, 6) is 0. The molecule has 1 unspecified atom stereocenters. The van der Waals surface area contributed by atoms with Crippen LogP contribution in [0.1, 0.15) is 18.5 Å². The number of hydrogen-bond acceptors (Lipinski definition) is 5. The maximum Gasteiger partial charge on any atom is 0.143 e. The first-order chi connectivity index (χ1) is 10.2. The normalized spacial score (nSPS) is 12.1. The van der Waals surface area contributed by atoms with Crippen molar-refractivity contribution in [3.63, 3.8) is 0 Å². The summed E-state index contributed by atoms with van der Waals surface area (Å²) in [6.45, 7) is 2.10. The lowest BCUT2D eigenvalue weighted by molar-refractivity contribution is 0.785. The first-order valence-electron chi connectivity index (χ1n) is 6.44. The van der Waals surface area contributed by atoms with Crippen molar-refractivity contribution < 1.29 is 0 Å². The van der Waals surface area contributed by atoms with E-state index in [1.807, 2.05) is 24.3 Å². The lowest BCUT2D eigenvalue weighted by Gasteiger charge is -2.16. The third-order valence-electron chi connectivity index (χ3n) is 3.09. The molecule has 106 valence electrons. The largest absolute Gasteiger partial charge is 0.377 e. The zero-order valence-corrected chi connectivity index (χ0v) is 12.9. The van der Waals surface area contributed by atoms with Gasteiger partial charge in [-0.2, -0.15) is 0 Å². The molecule has 1 aromatic carbocycles. The van der Waals surface area contributed by atoms with E-state index in [1.165, 1.54) is 0 Å². The number of nitrogens with one attached hydrogen (secondary N) is 1. The highest BCUT2D eigenvalue weighted by molar-refractivity contribution is 9.10. The van der Waals surface area contributed by atoms with E-state index in [0.29, 0.717) is 0 Å². The fourth-order valence-electron chi connectivity index (χ4n) is 2.01. The van der Waals surface area contributed by atoms with Crippen molar-refractivity contribution in [3.8, 4) is 5.69 Å². The number of anilines is 1. The van der Waals surface area contributed by atoms with Crippen molar-refractivity contribution in [3.05, 3.63) is 59.1 Å². The number of tetrazole rings is 1. The zero-order chi connectivity index (χ0) is 14.7. The van der Waals surface area contributed by atoms with Gasteiger partial charge < -0.3 is 5.32 Å². The molecule has 1 atom stereocenters.